The van der Waals surface area contributed by atoms with Crippen LogP contribution in [0.1, 0.15) is 18.4 Å². The quantitative estimate of drug-likeness (QED) is 0.649. The largest absolute Gasteiger partial charge is 0.119 e. The van der Waals surface area contributed by atoms with Crippen molar-refractivity contribution < 1.29 is 0 Å². The van der Waals surface area contributed by atoms with E-state index < -0.39 is 0 Å². The van der Waals surface area contributed by atoms with Crippen molar-refractivity contribution in [1.82, 2.24) is 0 Å². The van der Waals surface area contributed by atoms with E-state index in [-0.39, 0.29) is 5.92 Å². The summed E-state index contributed by atoms with van der Waals surface area (Å²) < 4.78 is 0. The molecule has 0 radical (unpaired) electrons. The Labute approximate surface area is 96.9 Å². The highest BCUT2D eigenvalue weighted by Gasteiger charge is 2.08. The molecule has 2 rings (SSSR count). The van der Waals surface area contributed by atoms with Gasteiger partial charge in [0.05, 0.1) is 0 Å². The lowest BCUT2D eigenvalue weighted by Gasteiger charge is -2.11. The molecule has 0 heterocycles. The normalized spacial score (nSPS) is 11.8. The average molecular weight is 206 g/mol. The molecule has 0 aliphatic carbocycles. The Bertz CT molecular complexity index is 503. The van der Waals surface area contributed by atoms with E-state index in [1.165, 1.54) is 16.7 Å². The molecule has 0 heteroatoms. The first-order valence-electron chi connectivity index (χ1n) is 5.43. The van der Waals surface area contributed by atoms with E-state index in [1.54, 1.807) is 0 Å². The number of hydrogen-bond donors (Lipinski definition) is 0. The molecule has 1 unspecified atom stereocenters. The molecule has 0 aliphatic heterocycles. The van der Waals surface area contributed by atoms with Gasteiger partial charge in [0.15, 0.2) is 0 Å². The summed E-state index contributed by atoms with van der Waals surface area (Å²) in [4.78, 5) is 0. The van der Waals surface area contributed by atoms with Crippen molar-refractivity contribution >= 4 is 0 Å². The van der Waals surface area contributed by atoms with Gasteiger partial charge >= 0.3 is 0 Å². The Morgan fingerprint density at radius 1 is 0.938 bits per heavy atom. The van der Waals surface area contributed by atoms with Gasteiger partial charge in [0, 0.05) is 5.92 Å². The Balaban J connectivity index is 2.54. The van der Waals surface area contributed by atoms with E-state index in [4.69, 9.17) is 6.42 Å². The van der Waals surface area contributed by atoms with E-state index in [0.717, 1.165) is 0 Å². The summed E-state index contributed by atoms with van der Waals surface area (Å²) in [6, 6.07) is 18.7. The fourth-order valence-electron chi connectivity index (χ4n) is 1.84. The van der Waals surface area contributed by atoms with Gasteiger partial charge in [-0.25, -0.2) is 0 Å². The van der Waals surface area contributed by atoms with Crippen LogP contribution in [-0.4, -0.2) is 0 Å². The molecule has 0 nitrogen and oxygen atoms in total. The van der Waals surface area contributed by atoms with Crippen LogP contribution in [0, 0.1) is 12.3 Å². The van der Waals surface area contributed by atoms with Crippen LogP contribution in [0.25, 0.3) is 11.1 Å². The Morgan fingerprint density at radius 3 is 2.25 bits per heavy atom. The summed E-state index contributed by atoms with van der Waals surface area (Å²) in [5.41, 5.74) is 3.67. The maximum atomic E-state index is 5.50. The topological polar surface area (TPSA) is 0 Å². The molecule has 2 aromatic rings. The van der Waals surface area contributed by atoms with Crippen LogP contribution in [0.3, 0.4) is 0 Å². The first-order chi connectivity index (χ1) is 7.83. The van der Waals surface area contributed by atoms with Gasteiger partial charge in [-0.05, 0) is 23.6 Å². The maximum Gasteiger partial charge on any atom is 0.0427 e. The van der Waals surface area contributed by atoms with E-state index in [9.17, 15) is 0 Å². The number of hydrogen-bond acceptors (Lipinski definition) is 0. The van der Waals surface area contributed by atoms with Crippen LogP contribution in [0.4, 0.5) is 0 Å². The molecule has 0 aliphatic rings. The molecule has 16 heavy (non-hydrogen) atoms. The van der Waals surface area contributed by atoms with Gasteiger partial charge in [-0.15, -0.1) is 6.42 Å². The van der Waals surface area contributed by atoms with Crippen LogP contribution in [0.2, 0.25) is 0 Å². The lowest BCUT2D eigenvalue weighted by molar-refractivity contribution is 1.01. The minimum atomic E-state index is 0.149. The van der Waals surface area contributed by atoms with Gasteiger partial charge in [-0.3, -0.25) is 0 Å². The molecule has 0 saturated carbocycles. The second kappa shape index (κ2) is 4.68. The summed E-state index contributed by atoms with van der Waals surface area (Å²) in [6.07, 6.45) is 5.50. The highest BCUT2D eigenvalue weighted by molar-refractivity contribution is 5.68. The summed E-state index contributed by atoms with van der Waals surface area (Å²) in [7, 11) is 0. The molecule has 2 aromatic carbocycles. The molecule has 0 amide bonds. The molecule has 0 aromatic heterocycles. The van der Waals surface area contributed by atoms with E-state index in [0.29, 0.717) is 0 Å². The van der Waals surface area contributed by atoms with E-state index in [2.05, 4.69) is 43.2 Å². The van der Waals surface area contributed by atoms with E-state index in [1.807, 2.05) is 24.3 Å². The van der Waals surface area contributed by atoms with Crippen molar-refractivity contribution in [3.05, 3.63) is 60.2 Å². The minimum Gasteiger partial charge on any atom is -0.119 e. The molecule has 0 saturated heterocycles. The fourth-order valence-corrected chi connectivity index (χ4v) is 1.84. The number of rotatable bonds is 2. The van der Waals surface area contributed by atoms with Gasteiger partial charge in [0.25, 0.3) is 0 Å². The van der Waals surface area contributed by atoms with Crippen molar-refractivity contribution in [2.75, 3.05) is 0 Å². The SMILES string of the molecule is C#CC(C)c1ccccc1-c1ccccc1. The van der Waals surface area contributed by atoms with Gasteiger partial charge in [-0.2, -0.15) is 0 Å². The smallest absolute Gasteiger partial charge is 0.0427 e. The molecule has 0 fully saturated rings. The third kappa shape index (κ3) is 1.99. The minimum absolute atomic E-state index is 0.149. The maximum absolute atomic E-state index is 5.50. The van der Waals surface area contributed by atoms with Crippen LogP contribution in [0.15, 0.2) is 54.6 Å². The lowest BCUT2D eigenvalue weighted by atomic mass is 9.92. The van der Waals surface area contributed by atoms with Gasteiger partial charge in [0.2, 0.25) is 0 Å². The molecular formula is C16H14. The first-order valence-corrected chi connectivity index (χ1v) is 5.43. The van der Waals surface area contributed by atoms with Crippen LogP contribution >= 0.6 is 0 Å². The predicted molar refractivity (Wildman–Crippen MR) is 69.1 cm³/mol. The van der Waals surface area contributed by atoms with Crippen molar-refractivity contribution in [2.45, 2.75) is 12.8 Å². The zero-order chi connectivity index (χ0) is 11.4. The van der Waals surface area contributed by atoms with Crippen molar-refractivity contribution in [3.63, 3.8) is 0 Å². The lowest BCUT2D eigenvalue weighted by Crippen LogP contribution is -1.93. The first kappa shape index (κ1) is 10.5. The zero-order valence-electron chi connectivity index (χ0n) is 9.35. The fraction of sp³-hybridized carbons (Fsp3) is 0.125. The average Bonchev–Trinajstić information content (AvgIpc) is 2.39. The molecule has 78 valence electrons. The zero-order valence-corrected chi connectivity index (χ0v) is 9.35. The van der Waals surface area contributed by atoms with Crippen LogP contribution in [-0.2, 0) is 0 Å². The summed E-state index contributed by atoms with van der Waals surface area (Å²) in [5.74, 6) is 2.94. The molecule has 0 spiro atoms. The number of benzene rings is 2. The third-order valence-electron chi connectivity index (χ3n) is 2.76. The Morgan fingerprint density at radius 2 is 1.56 bits per heavy atom. The summed E-state index contributed by atoms with van der Waals surface area (Å²) in [6.45, 7) is 2.06. The second-order valence-electron chi connectivity index (χ2n) is 3.84. The third-order valence-corrected chi connectivity index (χ3v) is 2.76. The highest BCUT2D eigenvalue weighted by atomic mass is 14.1. The Hall–Kier alpha value is -2.00. The molecule has 0 bridgehead atoms. The van der Waals surface area contributed by atoms with Crippen molar-refractivity contribution in [1.29, 1.82) is 0 Å². The van der Waals surface area contributed by atoms with Crippen molar-refractivity contribution in [2.24, 2.45) is 0 Å². The van der Waals surface area contributed by atoms with Gasteiger partial charge in [-0.1, -0.05) is 60.5 Å². The Kier molecular flexibility index (Phi) is 3.08. The van der Waals surface area contributed by atoms with Gasteiger partial charge < -0.3 is 0 Å². The summed E-state index contributed by atoms with van der Waals surface area (Å²) in [5, 5.41) is 0. The van der Waals surface area contributed by atoms with E-state index >= 15 is 0 Å². The predicted octanol–water partition coefficient (Wildman–Crippen LogP) is 4.09. The molecule has 1 atom stereocenters. The second-order valence-corrected chi connectivity index (χ2v) is 3.84. The summed E-state index contributed by atoms with van der Waals surface area (Å²) >= 11 is 0. The number of terminal acetylenes is 1. The molecule has 0 N–H and O–H groups in total. The molecular weight excluding hydrogens is 192 g/mol. The standard InChI is InChI=1S/C16H14/c1-3-13(2)15-11-7-8-12-16(15)14-9-5-4-6-10-14/h1,4-13H,2H3. The van der Waals surface area contributed by atoms with Crippen LogP contribution in [0.5, 0.6) is 0 Å². The van der Waals surface area contributed by atoms with Gasteiger partial charge in [0.1, 0.15) is 0 Å². The highest BCUT2D eigenvalue weighted by Crippen LogP contribution is 2.28. The van der Waals surface area contributed by atoms with Crippen LogP contribution < -0.4 is 0 Å². The monoisotopic (exact) mass is 206 g/mol. The van der Waals surface area contributed by atoms with Crippen molar-refractivity contribution in [3.8, 4) is 23.5 Å².